The average Bonchev–Trinajstić information content (AvgIpc) is 3.30. The molecule has 1 amide bonds. The molecule has 0 spiro atoms. The van der Waals surface area contributed by atoms with E-state index in [1.807, 2.05) is 17.9 Å². The van der Waals surface area contributed by atoms with E-state index in [-0.39, 0.29) is 11.8 Å². The van der Waals surface area contributed by atoms with Gasteiger partial charge in [0.15, 0.2) is 0 Å². The van der Waals surface area contributed by atoms with Gasteiger partial charge in [0.05, 0.1) is 4.88 Å². The van der Waals surface area contributed by atoms with Gasteiger partial charge in [-0.1, -0.05) is 35.9 Å². The number of aryl methyl sites for hydroxylation is 2. The van der Waals surface area contributed by atoms with Crippen molar-refractivity contribution in [3.8, 4) is 10.6 Å². The summed E-state index contributed by atoms with van der Waals surface area (Å²) in [4.78, 5) is 23.7. The van der Waals surface area contributed by atoms with E-state index in [1.165, 1.54) is 16.0 Å². The Balaban J connectivity index is 1.50. The second kappa shape index (κ2) is 6.48. The molecule has 1 aliphatic heterocycles. The minimum Gasteiger partial charge on any atom is -0.345 e. The van der Waals surface area contributed by atoms with Gasteiger partial charge in [-0.25, -0.2) is 4.98 Å². The predicted octanol–water partition coefficient (Wildman–Crippen LogP) is 4.27. The van der Waals surface area contributed by atoms with Gasteiger partial charge < -0.3 is 9.88 Å². The second-order valence-electron chi connectivity index (χ2n) is 6.73. The summed E-state index contributed by atoms with van der Waals surface area (Å²) in [5.41, 5.74) is 4.49. The number of carbonyl (C=O) groups is 1. The Morgan fingerprint density at radius 3 is 2.76 bits per heavy atom. The van der Waals surface area contributed by atoms with Gasteiger partial charge in [-0.3, -0.25) is 4.79 Å². The molecule has 1 aliphatic rings. The van der Waals surface area contributed by atoms with Crippen LogP contribution in [0.4, 0.5) is 0 Å². The zero-order valence-electron chi connectivity index (χ0n) is 14.5. The summed E-state index contributed by atoms with van der Waals surface area (Å²) in [7, 11) is 0. The standard InChI is InChI=1S/C20H21N3OS/c1-13-5-7-15(8-6-13)11-23-12-16(10-18(23)24)20-21-14(2)19(22-20)17-4-3-9-25-17/h3-9,16H,10-12H2,1-2H3,(H,21,22). The van der Waals surface area contributed by atoms with Gasteiger partial charge in [0.25, 0.3) is 0 Å². The minimum atomic E-state index is 0.144. The molecule has 25 heavy (non-hydrogen) atoms. The highest BCUT2D eigenvalue weighted by Gasteiger charge is 2.32. The molecule has 1 unspecified atom stereocenters. The first-order valence-corrected chi connectivity index (χ1v) is 9.42. The zero-order chi connectivity index (χ0) is 17.4. The number of rotatable bonds is 4. The maximum atomic E-state index is 12.4. The van der Waals surface area contributed by atoms with Crippen LogP contribution in [-0.2, 0) is 11.3 Å². The lowest BCUT2D eigenvalue weighted by molar-refractivity contribution is -0.128. The number of aromatic amines is 1. The van der Waals surface area contributed by atoms with Crippen LogP contribution < -0.4 is 0 Å². The Morgan fingerprint density at radius 2 is 2.04 bits per heavy atom. The molecule has 1 N–H and O–H groups in total. The van der Waals surface area contributed by atoms with Crippen molar-refractivity contribution in [3.05, 3.63) is 64.4 Å². The molecular weight excluding hydrogens is 330 g/mol. The molecule has 2 aromatic heterocycles. The number of amides is 1. The normalized spacial score (nSPS) is 17.4. The van der Waals surface area contributed by atoms with Crippen molar-refractivity contribution < 1.29 is 4.79 Å². The van der Waals surface area contributed by atoms with E-state index < -0.39 is 0 Å². The highest BCUT2D eigenvalue weighted by Crippen LogP contribution is 2.32. The number of hydrogen-bond donors (Lipinski definition) is 1. The lowest BCUT2D eigenvalue weighted by Crippen LogP contribution is -2.24. The number of carbonyl (C=O) groups excluding carboxylic acids is 1. The van der Waals surface area contributed by atoms with E-state index in [0.717, 1.165) is 23.8 Å². The number of imidazole rings is 1. The largest absolute Gasteiger partial charge is 0.345 e. The van der Waals surface area contributed by atoms with Crippen molar-refractivity contribution in [3.63, 3.8) is 0 Å². The Labute approximate surface area is 151 Å². The van der Waals surface area contributed by atoms with Crippen molar-refractivity contribution in [2.75, 3.05) is 6.54 Å². The van der Waals surface area contributed by atoms with Crippen LogP contribution in [0.2, 0.25) is 0 Å². The van der Waals surface area contributed by atoms with E-state index >= 15 is 0 Å². The van der Waals surface area contributed by atoms with Gasteiger partial charge in [0, 0.05) is 31.1 Å². The smallest absolute Gasteiger partial charge is 0.223 e. The topological polar surface area (TPSA) is 49.0 Å². The molecule has 0 aliphatic carbocycles. The second-order valence-corrected chi connectivity index (χ2v) is 7.68. The van der Waals surface area contributed by atoms with Crippen molar-refractivity contribution in [2.24, 2.45) is 0 Å². The Morgan fingerprint density at radius 1 is 1.24 bits per heavy atom. The summed E-state index contributed by atoms with van der Waals surface area (Å²) < 4.78 is 0. The Kier molecular flexibility index (Phi) is 4.17. The number of thiophene rings is 1. The van der Waals surface area contributed by atoms with Gasteiger partial charge in [-0.15, -0.1) is 11.3 Å². The van der Waals surface area contributed by atoms with Crippen LogP contribution in [0.25, 0.3) is 10.6 Å². The van der Waals surface area contributed by atoms with Crippen molar-refractivity contribution >= 4 is 17.2 Å². The maximum absolute atomic E-state index is 12.4. The number of nitrogens with zero attached hydrogens (tertiary/aromatic N) is 2. The summed E-state index contributed by atoms with van der Waals surface area (Å²) in [6, 6.07) is 12.5. The third-order valence-corrected chi connectivity index (χ3v) is 5.63. The van der Waals surface area contributed by atoms with Crippen LogP contribution in [0.15, 0.2) is 41.8 Å². The van der Waals surface area contributed by atoms with Crippen LogP contribution in [0.3, 0.4) is 0 Å². The molecular formula is C20H21N3OS. The van der Waals surface area contributed by atoms with Gasteiger partial charge >= 0.3 is 0 Å². The Bertz CT molecular complexity index is 880. The number of aromatic nitrogens is 2. The molecule has 0 saturated carbocycles. The number of benzene rings is 1. The van der Waals surface area contributed by atoms with Crippen molar-refractivity contribution in [2.45, 2.75) is 32.7 Å². The van der Waals surface area contributed by atoms with E-state index in [2.05, 4.69) is 47.6 Å². The van der Waals surface area contributed by atoms with Gasteiger partial charge in [-0.05, 0) is 30.9 Å². The molecule has 0 bridgehead atoms. The first-order valence-electron chi connectivity index (χ1n) is 8.54. The lowest BCUT2D eigenvalue weighted by Gasteiger charge is -2.16. The van der Waals surface area contributed by atoms with Gasteiger partial charge in [0.1, 0.15) is 11.5 Å². The first kappa shape index (κ1) is 16.1. The fourth-order valence-electron chi connectivity index (χ4n) is 3.35. The minimum absolute atomic E-state index is 0.144. The number of H-pyrrole nitrogens is 1. The third kappa shape index (κ3) is 3.24. The van der Waals surface area contributed by atoms with Crippen LogP contribution in [0, 0.1) is 13.8 Å². The summed E-state index contributed by atoms with van der Waals surface area (Å²) in [6.07, 6.45) is 0.530. The fourth-order valence-corrected chi connectivity index (χ4v) is 4.12. The number of nitrogens with one attached hydrogen (secondary N) is 1. The van der Waals surface area contributed by atoms with E-state index in [1.54, 1.807) is 11.3 Å². The Hall–Kier alpha value is -2.40. The van der Waals surface area contributed by atoms with Crippen LogP contribution in [0.1, 0.15) is 35.0 Å². The molecule has 1 fully saturated rings. The van der Waals surface area contributed by atoms with Crippen molar-refractivity contribution in [1.29, 1.82) is 0 Å². The van der Waals surface area contributed by atoms with E-state index in [0.29, 0.717) is 13.0 Å². The third-order valence-electron chi connectivity index (χ3n) is 4.75. The molecule has 3 aromatic rings. The molecule has 128 valence electrons. The molecule has 1 atom stereocenters. The molecule has 1 saturated heterocycles. The average molecular weight is 351 g/mol. The highest BCUT2D eigenvalue weighted by molar-refractivity contribution is 7.13. The monoisotopic (exact) mass is 351 g/mol. The van der Waals surface area contributed by atoms with Crippen molar-refractivity contribution in [1.82, 2.24) is 14.9 Å². The maximum Gasteiger partial charge on any atom is 0.223 e. The van der Waals surface area contributed by atoms with Gasteiger partial charge in [-0.2, -0.15) is 0 Å². The summed E-state index contributed by atoms with van der Waals surface area (Å²) in [5, 5.41) is 2.06. The van der Waals surface area contributed by atoms with E-state index in [4.69, 9.17) is 4.98 Å². The summed E-state index contributed by atoms with van der Waals surface area (Å²) in [6.45, 7) is 5.52. The summed E-state index contributed by atoms with van der Waals surface area (Å²) >= 11 is 1.69. The highest BCUT2D eigenvalue weighted by atomic mass is 32.1. The number of hydrogen-bond acceptors (Lipinski definition) is 3. The first-order chi connectivity index (χ1) is 12.1. The molecule has 0 radical (unpaired) electrons. The zero-order valence-corrected chi connectivity index (χ0v) is 15.3. The van der Waals surface area contributed by atoms with Crippen LogP contribution in [-0.4, -0.2) is 27.3 Å². The molecule has 4 rings (SSSR count). The SMILES string of the molecule is Cc1ccc(CN2CC(c3nc(-c4cccs4)c(C)[nH]3)CC2=O)cc1. The molecule has 1 aromatic carbocycles. The van der Waals surface area contributed by atoms with E-state index in [9.17, 15) is 4.79 Å². The van der Waals surface area contributed by atoms with Crippen LogP contribution in [0.5, 0.6) is 0 Å². The summed E-state index contributed by atoms with van der Waals surface area (Å²) in [5.74, 6) is 1.28. The quantitative estimate of drug-likeness (QED) is 0.763. The predicted molar refractivity (Wildman–Crippen MR) is 101 cm³/mol. The molecule has 4 nitrogen and oxygen atoms in total. The lowest BCUT2D eigenvalue weighted by atomic mass is 10.1. The number of likely N-dealkylation sites (tertiary alicyclic amines) is 1. The fraction of sp³-hybridized carbons (Fsp3) is 0.300. The van der Waals surface area contributed by atoms with Gasteiger partial charge in [0.2, 0.25) is 5.91 Å². The molecule has 3 heterocycles. The molecule has 5 heteroatoms. The van der Waals surface area contributed by atoms with Crippen LogP contribution >= 0.6 is 11.3 Å².